The molecule has 1 fully saturated rings. The number of benzene rings is 1. The van der Waals surface area contributed by atoms with Gasteiger partial charge in [-0.2, -0.15) is 5.10 Å². The summed E-state index contributed by atoms with van der Waals surface area (Å²) in [5.41, 5.74) is 2.08. The van der Waals surface area contributed by atoms with E-state index in [1.807, 2.05) is 0 Å². The van der Waals surface area contributed by atoms with Gasteiger partial charge in [0.1, 0.15) is 11.6 Å². The summed E-state index contributed by atoms with van der Waals surface area (Å²) >= 11 is 0. The van der Waals surface area contributed by atoms with Crippen LogP contribution in [0.15, 0.2) is 30.3 Å². The van der Waals surface area contributed by atoms with Crippen molar-refractivity contribution in [3.63, 3.8) is 0 Å². The number of halogens is 1. The monoisotopic (exact) mass is 386 g/mol. The van der Waals surface area contributed by atoms with E-state index in [-0.39, 0.29) is 18.3 Å². The highest BCUT2D eigenvalue weighted by atomic mass is 19.1. The smallest absolute Gasteiger partial charge is 0.258 e. The summed E-state index contributed by atoms with van der Waals surface area (Å²) in [5, 5.41) is 7.44. The lowest BCUT2D eigenvalue weighted by Crippen LogP contribution is -2.42. The molecule has 28 heavy (non-hydrogen) atoms. The lowest BCUT2D eigenvalue weighted by atomic mass is 9.94. The quantitative estimate of drug-likeness (QED) is 0.829. The summed E-state index contributed by atoms with van der Waals surface area (Å²) < 4.78 is 20.5. The second-order valence-electron chi connectivity index (χ2n) is 7.64. The summed E-state index contributed by atoms with van der Waals surface area (Å²) in [6.45, 7) is 3.12. The van der Waals surface area contributed by atoms with E-state index in [1.165, 1.54) is 49.9 Å². The number of hydrogen-bond acceptors (Lipinski definition) is 4. The van der Waals surface area contributed by atoms with Gasteiger partial charge in [0.05, 0.1) is 24.5 Å². The first kappa shape index (κ1) is 18.9. The Kier molecular flexibility index (Phi) is 5.90. The SMILES string of the molecule is O=C(COc1cccc(F)c1)NCc1cc2n(n1)CCN(C1CCCCC1)C2. The first-order valence-electron chi connectivity index (χ1n) is 10.1. The molecule has 6 nitrogen and oxygen atoms in total. The normalized spacial score (nSPS) is 17.9. The summed E-state index contributed by atoms with van der Waals surface area (Å²) in [6, 6.07) is 8.56. The van der Waals surface area contributed by atoms with Gasteiger partial charge < -0.3 is 10.1 Å². The fourth-order valence-electron chi connectivity index (χ4n) is 4.14. The van der Waals surface area contributed by atoms with Gasteiger partial charge in [0.2, 0.25) is 0 Å². The minimum Gasteiger partial charge on any atom is -0.484 e. The molecule has 1 aliphatic heterocycles. The number of nitrogens with one attached hydrogen (secondary N) is 1. The van der Waals surface area contributed by atoms with Crippen LogP contribution in [-0.2, 0) is 24.4 Å². The van der Waals surface area contributed by atoms with Gasteiger partial charge in [0.25, 0.3) is 5.91 Å². The van der Waals surface area contributed by atoms with E-state index in [0.717, 1.165) is 25.3 Å². The van der Waals surface area contributed by atoms with E-state index in [9.17, 15) is 9.18 Å². The van der Waals surface area contributed by atoms with Crippen molar-refractivity contribution in [2.45, 2.75) is 57.8 Å². The Bertz CT molecular complexity index is 816. The average molecular weight is 386 g/mol. The maximum Gasteiger partial charge on any atom is 0.258 e. The third kappa shape index (κ3) is 4.70. The van der Waals surface area contributed by atoms with Crippen molar-refractivity contribution in [2.24, 2.45) is 0 Å². The maximum absolute atomic E-state index is 13.1. The first-order chi connectivity index (χ1) is 13.7. The summed E-state index contributed by atoms with van der Waals surface area (Å²) in [4.78, 5) is 14.6. The summed E-state index contributed by atoms with van der Waals surface area (Å²) in [6.07, 6.45) is 6.67. The van der Waals surface area contributed by atoms with Crippen LogP contribution in [0.5, 0.6) is 5.75 Å². The second-order valence-corrected chi connectivity index (χ2v) is 7.64. The molecule has 0 unspecified atom stereocenters. The molecule has 2 aliphatic rings. The van der Waals surface area contributed by atoms with Crippen LogP contribution in [0.3, 0.4) is 0 Å². The topological polar surface area (TPSA) is 59.4 Å². The third-order valence-electron chi connectivity index (χ3n) is 5.60. The second kappa shape index (κ2) is 8.73. The maximum atomic E-state index is 13.1. The number of ether oxygens (including phenoxy) is 1. The number of amides is 1. The van der Waals surface area contributed by atoms with Gasteiger partial charge in [-0.1, -0.05) is 25.3 Å². The van der Waals surface area contributed by atoms with Crippen molar-refractivity contribution >= 4 is 5.91 Å². The highest BCUT2D eigenvalue weighted by Gasteiger charge is 2.25. The molecule has 0 saturated heterocycles. The highest BCUT2D eigenvalue weighted by molar-refractivity contribution is 5.77. The third-order valence-corrected chi connectivity index (χ3v) is 5.60. The molecule has 1 aromatic carbocycles. The number of fused-ring (bicyclic) bond motifs is 1. The molecule has 2 aromatic rings. The minimum atomic E-state index is -0.385. The minimum absolute atomic E-state index is 0.146. The van der Waals surface area contributed by atoms with Gasteiger partial charge >= 0.3 is 0 Å². The molecule has 1 saturated carbocycles. The van der Waals surface area contributed by atoms with E-state index in [4.69, 9.17) is 4.74 Å². The van der Waals surface area contributed by atoms with Gasteiger partial charge in [-0.3, -0.25) is 14.4 Å². The molecule has 1 aromatic heterocycles. The standard InChI is InChI=1S/C21H27FN4O2/c22-16-5-4-8-20(11-16)28-15-21(27)23-13-17-12-19-14-25(9-10-26(19)24-17)18-6-2-1-3-7-18/h4-5,8,11-12,18H,1-3,6-7,9-10,13-15H2,(H,23,27). The number of aromatic nitrogens is 2. The van der Waals surface area contributed by atoms with Gasteiger partial charge in [-0.05, 0) is 31.0 Å². The van der Waals surface area contributed by atoms with Crippen LogP contribution in [0.4, 0.5) is 4.39 Å². The van der Waals surface area contributed by atoms with Crippen LogP contribution in [0, 0.1) is 5.82 Å². The predicted molar refractivity (Wildman–Crippen MR) is 103 cm³/mol. The van der Waals surface area contributed by atoms with Gasteiger partial charge in [-0.25, -0.2) is 4.39 Å². The molecule has 1 aliphatic carbocycles. The first-order valence-corrected chi connectivity index (χ1v) is 10.1. The average Bonchev–Trinajstić information content (AvgIpc) is 3.13. The van der Waals surface area contributed by atoms with E-state index >= 15 is 0 Å². The van der Waals surface area contributed by atoms with Crippen molar-refractivity contribution in [1.82, 2.24) is 20.0 Å². The summed E-state index contributed by atoms with van der Waals surface area (Å²) in [7, 11) is 0. The largest absolute Gasteiger partial charge is 0.484 e. The Morgan fingerprint density at radius 3 is 2.89 bits per heavy atom. The molecule has 7 heteroatoms. The fourth-order valence-corrected chi connectivity index (χ4v) is 4.14. The number of carbonyl (C=O) groups is 1. The molecule has 1 amide bonds. The zero-order chi connectivity index (χ0) is 19.3. The Labute approximate surface area is 164 Å². The predicted octanol–water partition coefficient (Wildman–Crippen LogP) is 2.87. The molecule has 0 spiro atoms. The van der Waals surface area contributed by atoms with E-state index in [1.54, 1.807) is 12.1 Å². The van der Waals surface area contributed by atoms with Gasteiger partial charge in [0, 0.05) is 25.2 Å². The van der Waals surface area contributed by atoms with Gasteiger partial charge in [-0.15, -0.1) is 0 Å². The van der Waals surface area contributed by atoms with Gasteiger partial charge in [0.15, 0.2) is 6.61 Å². The van der Waals surface area contributed by atoms with Crippen molar-refractivity contribution in [3.8, 4) is 5.75 Å². The number of carbonyl (C=O) groups excluding carboxylic acids is 1. The molecule has 2 heterocycles. The molecular formula is C21H27FN4O2. The van der Waals surface area contributed by atoms with Crippen LogP contribution in [0.25, 0.3) is 0 Å². The molecule has 4 rings (SSSR count). The highest BCUT2D eigenvalue weighted by Crippen LogP contribution is 2.26. The zero-order valence-electron chi connectivity index (χ0n) is 16.1. The van der Waals surface area contributed by atoms with E-state index in [0.29, 0.717) is 18.3 Å². The lowest BCUT2D eigenvalue weighted by Gasteiger charge is -2.36. The number of rotatable bonds is 6. The Morgan fingerprint density at radius 1 is 1.21 bits per heavy atom. The number of hydrogen-bond donors (Lipinski definition) is 1. The molecule has 0 bridgehead atoms. The van der Waals surface area contributed by atoms with Crippen molar-refractivity contribution in [1.29, 1.82) is 0 Å². The molecule has 150 valence electrons. The van der Waals surface area contributed by atoms with Crippen LogP contribution in [0.1, 0.15) is 43.5 Å². The van der Waals surface area contributed by atoms with Crippen LogP contribution in [-0.4, -0.2) is 39.8 Å². The summed E-state index contributed by atoms with van der Waals surface area (Å²) in [5.74, 6) is -0.293. The fraction of sp³-hybridized carbons (Fsp3) is 0.524. The Morgan fingerprint density at radius 2 is 2.07 bits per heavy atom. The Hall–Kier alpha value is -2.41. The van der Waals surface area contributed by atoms with Crippen molar-refractivity contribution in [3.05, 3.63) is 47.5 Å². The van der Waals surface area contributed by atoms with E-state index < -0.39 is 0 Å². The molecule has 0 radical (unpaired) electrons. The van der Waals surface area contributed by atoms with Crippen LogP contribution < -0.4 is 10.1 Å². The molecule has 1 N–H and O–H groups in total. The van der Waals surface area contributed by atoms with Crippen LogP contribution in [0.2, 0.25) is 0 Å². The zero-order valence-corrected chi connectivity index (χ0v) is 16.1. The van der Waals surface area contributed by atoms with Crippen molar-refractivity contribution < 1.29 is 13.9 Å². The van der Waals surface area contributed by atoms with Crippen molar-refractivity contribution in [2.75, 3.05) is 13.2 Å². The number of nitrogens with zero attached hydrogens (tertiary/aromatic N) is 3. The molecular weight excluding hydrogens is 359 g/mol. The molecule has 0 atom stereocenters. The van der Waals surface area contributed by atoms with E-state index in [2.05, 4.69) is 26.1 Å². The van der Waals surface area contributed by atoms with Crippen LogP contribution >= 0.6 is 0 Å². The Balaban J connectivity index is 1.26. The lowest BCUT2D eigenvalue weighted by molar-refractivity contribution is -0.123.